The molecular formula is C31H43NO4. The Morgan fingerprint density at radius 1 is 1.00 bits per heavy atom. The number of ether oxygens (including phenoxy) is 2. The molecular weight excluding hydrogens is 450 g/mol. The molecule has 4 fully saturated rings. The van der Waals surface area contributed by atoms with Gasteiger partial charge in [0.05, 0.1) is 24.7 Å². The molecule has 5 heteroatoms. The number of aliphatic hydroxyl groups excluding tert-OH is 1. The van der Waals surface area contributed by atoms with Crippen LogP contribution < -0.4 is 10.1 Å². The molecule has 4 saturated carbocycles. The monoisotopic (exact) mass is 493 g/mol. The molecule has 2 bridgehead atoms. The number of hydrogen-bond donors (Lipinski definition) is 2. The van der Waals surface area contributed by atoms with Crippen LogP contribution in [0, 0.1) is 16.7 Å². The molecule has 0 radical (unpaired) electrons. The lowest BCUT2D eigenvalue weighted by Gasteiger charge is -2.54. The highest BCUT2D eigenvalue weighted by molar-refractivity contribution is 5.84. The SMILES string of the molecule is COC(=O)C12CCC(NCc3ccc4cc(OC5CCC(C(C)(C)C)CC5)ccc4c3)(CC1)CC2O. The Balaban J connectivity index is 1.19. The summed E-state index contributed by atoms with van der Waals surface area (Å²) in [4.78, 5) is 12.3. The number of nitrogens with one attached hydrogen (secondary N) is 1. The van der Waals surface area contributed by atoms with Crippen LogP contribution in [0.15, 0.2) is 36.4 Å². The molecule has 0 aromatic heterocycles. The minimum Gasteiger partial charge on any atom is -0.490 e. The van der Waals surface area contributed by atoms with E-state index < -0.39 is 11.5 Å². The third kappa shape index (κ3) is 4.89. The van der Waals surface area contributed by atoms with Gasteiger partial charge in [-0.2, -0.15) is 0 Å². The van der Waals surface area contributed by atoms with Crippen molar-refractivity contribution in [3.8, 4) is 5.75 Å². The Bertz CT molecular complexity index is 1090. The maximum absolute atomic E-state index is 12.3. The van der Waals surface area contributed by atoms with E-state index >= 15 is 0 Å². The Hall–Kier alpha value is -2.11. The van der Waals surface area contributed by atoms with E-state index in [1.807, 2.05) is 0 Å². The molecule has 196 valence electrons. The van der Waals surface area contributed by atoms with Gasteiger partial charge in [-0.3, -0.25) is 4.79 Å². The maximum atomic E-state index is 12.3. The number of carbonyl (C=O) groups is 1. The van der Waals surface area contributed by atoms with Crippen molar-refractivity contribution in [3.05, 3.63) is 42.0 Å². The summed E-state index contributed by atoms with van der Waals surface area (Å²) in [6, 6.07) is 13.1. The van der Waals surface area contributed by atoms with Crippen LogP contribution in [0.2, 0.25) is 0 Å². The molecule has 2 aromatic rings. The van der Waals surface area contributed by atoms with E-state index in [-0.39, 0.29) is 11.5 Å². The lowest BCUT2D eigenvalue weighted by atomic mass is 9.55. The number of hydrogen-bond acceptors (Lipinski definition) is 5. The molecule has 0 amide bonds. The predicted molar refractivity (Wildman–Crippen MR) is 143 cm³/mol. The molecule has 2 N–H and O–H groups in total. The first kappa shape index (κ1) is 25.5. The van der Waals surface area contributed by atoms with Crippen LogP contribution in [0.25, 0.3) is 10.8 Å². The topological polar surface area (TPSA) is 67.8 Å². The van der Waals surface area contributed by atoms with Gasteiger partial charge in [0.15, 0.2) is 0 Å². The molecule has 0 heterocycles. The molecule has 0 aliphatic heterocycles. The average molecular weight is 494 g/mol. The lowest BCUT2D eigenvalue weighted by molar-refractivity contribution is -0.176. The molecule has 0 spiro atoms. The number of rotatable bonds is 6. The zero-order valence-electron chi connectivity index (χ0n) is 22.4. The Morgan fingerprint density at radius 3 is 2.31 bits per heavy atom. The predicted octanol–water partition coefficient (Wildman–Crippen LogP) is 6.15. The maximum Gasteiger partial charge on any atom is 0.314 e. The van der Waals surface area contributed by atoms with Gasteiger partial charge in [-0.25, -0.2) is 0 Å². The van der Waals surface area contributed by atoms with Crippen LogP contribution >= 0.6 is 0 Å². The first-order valence-electron chi connectivity index (χ1n) is 13.8. The largest absolute Gasteiger partial charge is 0.490 e. The number of carbonyl (C=O) groups excluding carboxylic acids is 1. The van der Waals surface area contributed by atoms with E-state index in [4.69, 9.17) is 9.47 Å². The zero-order chi connectivity index (χ0) is 25.6. The standard InChI is InChI=1S/C31H43NO4/c1-29(2,3)24-8-11-25(12-9-24)36-26-10-7-22-17-21(5-6-23(22)18-26)20-32-30-13-15-31(16-14-30,27(33)19-30)28(34)35-4/h5-7,10,17-18,24-25,27,32-33H,8-9,11-16,19-20H2,1-4H3. The van der Waals surface area contributed by atoms with Crippen molar-refractivity contribution in [2.45, 2.75) is 103 Å². The smallest absolute Gasteiger partial charge is 0.314 e. The molecule has 6 rings (SSSR count). The Labute approximate surface area is 215 Å². The van der Waals surface area contributed by atoms with Crippen molar-refractivity contribution < 1.29 is 19.4 Å². The van der Waals surface area contributed by atoms with E-state index in [9.17, 15) is 9.90 Å². The van der Waals surface area contributed by atoms with Crippen molar-refractivity contribution in [1.29, 1.82) is 0 Å². The summed E-state index contributed by atoms with van der Waals surface area (Å²) in [6.45, 7) is 7.82. The van der Waals surface area contributed by atoms with Crippen molar-refractivity contribution in [1.82, 2.24) is 5.32 Å². The summed E-state index contributed by atoms with van der Waals surface area (Å²) in [5.74, 6) is 1.51. The quantitative estimate of drug-likeness (QED) is 0.473. The first-order valence-corrected chi connectivity index (χ1v) is 13.8. The summed E-state index contributed by atoms with van der Waals surface area (Å²) in [5, 5.41) is 17.0. The Morgan fingerprint density at radius 2 is 1.67 bits per heavy atom. The molecule has 0 saturated heterocycles. The summed E-state index contributed by atoms with van der Waals surface area (Å²) in [5.41, 5.74) is 0.818. The normalized spacial score (nSPS) is 32.4. The van der Waals surface area contributed by atoms with Crippen LogP contribution in [-0.2, 0) is 16.1 Å². The van der Waals surface area contributed by atoms with E-state index in [1.165, 1.54) is 36.3 Å². The van der Waals surface area contributed by atoms with Crippen molar-refractivity contribution >= 4 is 16.7 Å². The number of aliphatic hydroxyl groups is 1. The number of fused-ring (bicyclic) bond motifs is 4. The minimum absolute atomic E-state index is 0.103. The summed E-state index contributed by atoms with van der Waals surface area (Å²) >= 11 is 0. The fraction of sp³-hybridized carbons (Fsp3) is 0.645. The van der Waals surface area contributed by atoms with Crippen LogP contribution in [0.1, 0.15) is 84.1 Å². The number of benzene rings is 2. The highest BCUT2D eigenvalue weighted by Gasteiger charge is 2.58. The van der Waals surface area contributed by atoms with Gasteiger partial charge in [0, 0.05) is 12.1 Å². The van der Waals surface area contributed by atoms with Crippen molar-refractivity contribution in [2.24, 2.45) is 16.7 Å². The molecule has 36 heavy (non-hydrogen) atoms. The summed E-state index contributed by atoms with van der Waals surface area (Å²) in [7, 11) is 1.42. The number of esters is 1. The van der Waals surface area contributed by atoms with Crippen molar-refractivity contribution in [3.63, 3.8) is 0 Å². The van der Waals surface area contributed by atoms with E-state index in [0.29, 0.717) is 30.8 Å². The second kappa shape index (κ2) is 9.64. The van der Waals surface area contributed by atoms with Gasteiger partial charge in [-0.15, -0.1) is 0 Å². The highest BCUT2D eigenvalue weighted by atomic mass is 16.5. The average Bonchev–Trinajstić information content (AvgIpc) is 2.87. The van der Waals surface area contributed by atoms with Crippen molar-refractivity contribution in [2.75, 3.05) is 7.11 Å². The molecule has 4 aliphatic rings. The van der Waals surface area contributed by atoms with E-state index in [2.05, 4.69) is 62.5 Å². The van der Waals surface area contributed by atoms with Gasteiger partial charge in [-0.1, -0.05) is 39.0 Å². The number of methoxy groups -OCH3 is 1. The van der Waals surface area contributed by atoms with E-state index in [0.717, 1.165) is 43.9 Å². The second-order valence-electron chi connectivity index (χ2n) is 12.8. The van der Waals surface area contributed by atoms with Gasteiger partial charge in [0.25, 0.3) is 0 Å². The third-order valence-electron chi connectivity index (χ3n) is 9.66. The fourth-order valence-corrected chi connectivity index (χ4v) is 7.06. The van der Waals surface area contributed by atoms with Crippen LogP contribution in [0.5, 0.6) is 5.75 Å². The molecule has 1 unspecified atom stereocenters. The molecule has 5 nitrogen and oxygen atoms in total. The third-order valence-corrected chi connectivity index (χ3v) is 9.66. The highest BCUT2D eigenvalue weighted by Crippen LogP contribution is 2.53. The fourth-order valence-electron chi connectivity index (χ4n) is 7.06. The van der Waals surface area contributed by atoms with Crippen LogP contribution in [0.3, 0.4) is 0 Å². The van der Waals surface area contributed by atoms with Gasteiger partial charge < -0.3 is 19.9 Å². The molecule has 4 aliphatic carbocycles. The lowest BCUT2D eigenvalue weighted by Crippen LogP contribution is -2.63. The summed E-state index contributed by atoms with van der Waals surface area (Å²) < 4.78 is 11.4. The van der Waals surface area contributed by atoms with Gasteiger partial charge in [-0.05, 0) is 104 Å². The summed E-state index contributed by atoms with van der Waals surface area (Å²) in [6.07, 6.45) is 8.23. The Kier molecular flexibility index (Phi) is 6.84. The second-order valence-corrected chi connectivity index (χ2v) is 12.8. The first-order chi connectivity index (χ1) is 17.1. The van der Waals surface area contributed by atoms with Gasteiger partial charge in [0.1, 0.15) is 5.75 Å². The van der Waals surface area contributed by atoms with Crippen LogP contribution in [0.4, 0.5) is 0 Å². The van der Waals surface area contributed by atoms with Gasteiger partial charge >= 0.3 is 5.97 Å². The van der Waals surface area contributed by atoms with Crippen LogP contribution in [-0.4, -0.2) is 35.9 Å². The molecule has 2 aromatic carbocycles. The molecule has 1 atom stereocenters. The van der Waals surface area contributed by atoms with Gasteiger partial charge in [0.2, 0.25) is 0 Å². The van der Waals surface area contributed by atoms with E-state index in [1.54, 1.807) is 0 Å². The zero-order valence-corrected chi connectivity index (χ0v) is 22.4. The minimum atomic E-state index is -0.702.